The van der Waals surface area contributed by atoms with Crippen LogP contribution in [0.3, 0.4) is 0 Å². The van der Waals surface area contributed by atoms with Gasteiger partial charge in [0.05, 0.1) is 11.6 Å². The lowest BCUT2D eigenvalue weighted by Crippen LogP contribution is -2.28. The maximum Gasteiger partial charge on any atom is 0.246 e. The van der Waals surface area contributed by atoms with Crippen molar-refractivity contribution in [2.45, 2.75) is 6.54 Å². The van der Waals surface area contributed by atoms with Gasteiger partial charge in [0.15, 0.2) is 5.11 Å². The van der Waals surface area contributed by atoms with Crippen LogP contribution in [0.15, 0.2) is 51.5 Å². The predicted octanol–water partition coefficient (Wildman–Crippen LogP) is 5.29. The smallest absolute Gasteiger partial charge is 0.246 e. The molecule has 3 aromatic rings. The molecule has 0 bridgehead atoms. The number of thiocarbonyl (C=S) groups is 1. The fourth-order valence-electron chi connectivity index (χ4n) is 1.95. The third-order valence-electron chi connectivity index (χ3n) is 3.15. The Morgan fingerprint density at radius 2 is 1.92 bits per heavy atom. The van der Waals surface area contributed by atoms with Crippen molar-refractivity contribution in [3.63, 3.8) is 0 Å². The van der Waals surface area contributed by atoms with Crippen LogP contribution in [0.1, 0.15) is 5.89 Å². The number of hydrogen-bond donors (Lipinski definition) is 2. The summed E-state index contributed by atoms with van der Waals surface area (Å²) in [6.45, 7) is 0.302. The Morgan fingerprint density at radius 1 is 1.16 bits per heavy atom. The Balaban J connectivity index is 1.57. The van der Waals surface area contributed by atoms with Crippen molar-refractivity contribution in [1.82, 2.24) is 15.5 Å². The zero-order valence-corrected chi connectivity index (χ0v) is 16.5. The van der Waals surface area contributed by atoms with Gasteiger partial charge in [-0.05, 0) is 70.6 Å². The van der Waals surface area contributed by atoms with Gasteiger partial charge in [-0.1, -0.05) is 28.4 Å². The summed E-state index contributed by atoms with van der Waals surface area (Å²) in [6, 6.07) is 12.7. The first-order valence-corrected chi connectivity index (χ1v) is 9.05. The molecule has 1 aromatic heterocycles. The summed E-state index contributed by atoms with van der Waals surface area (Å²) in [5, 5.41) is 11.7. The molecule has 0 radical (unpaired) electrons. The van der Waals surface area contributed by atoms with Crippen LogP contribution in [0, 0.1) is 0 Å². The molecule has 0 aliphatic rings. The van der Waals surface area contributed by atoms with Crippen molar-refractivity contribution in [3.05, 3.63) is 62.9 Å². The Hall–Kier alpha value is -1.67. The molecule has 128 valence electrons. The highest BCUT2D eigenvalue weighted by Gasteiger charge is 2.09. The zero-order chi connectivity index (χ0) is 17.8. The number of anilines is 1. The number of nitrogens with zero attached hydrogens (tertiary/aromatic N) is 2. The summed E-state index contributed by atoms with van der Waals surface area (Å²) in [6.07, 6.45) is 0. The van der Waals surface area contributed by atoms with Gasteiger partial charge in [-0.25, -0.2) is 0 Å². The van der Waals surface area contributed by atoms with Crippen LogP contribution in [-0.4, -0.2) is 15.3 Å². The van der Waals surface area contributed by atoms with Gasteiger partial charge in [0.1, 0.15) is 0 Å². The molecule has 0 spiro atoms. The van der Waals surface area contributed by atoms with Crippen LogP contribution in [0.4, 0.5) is 5.69 Å². The molecule has 1 heterocycles. The van der Waals surface area contributed by atoms with E-state index in [2.05, 4.69) is 36.7 Å². The first kappa shape index (κ1) is 18.1. The van der Waals surface area contributed by atoms with Gasteiger partial charge in [0.2, 0.25) is 11.7 Å². The minimum atomic E-state index is 0.302. The first-order valence-electron chi connectivity index (χ1n) is 7.10. The van der Waals surface area contributed by atoms with E-state index in [-0.39, 0.29) is 0 Å². The Morgan fingerprint density at radius 3 is 2.64 bits per heavy atom. The largest absolute Gasteiger partial charge is 0.353 e. The quantitative estimate of drug-likeness (QED) is 0.518. The summed E-state index contributed by atoms with van der Waals surface area (Å²) >= 11 is 20.5. The minimum absolute atomic E-state index is 0.302. The molecule has 0 amide bonds. The van der Waals surface area contributed by atoms with E-state index in [9.17, 15) is 0 Å². The van der Waals surface area contributed by atoms with E-state index in [1.807, 2.05) is 24.3 Å². The highest BCUT2D eigenvalue weighted by atomic mass is 79.9. The molecule has 25 heavy (non-hydrogen) atoms. The first-order chi connectivity index (χ1) is 12.0. The minimum Gasteiger partial charge on any atom is -0.353 e. The van der Waals surface area contributed by atoms with Crippen molar-refractivity contribution >= 4 is 62.1 Å². The molecule has 0 saturated carbocycles. The number of benzene rings is 2. The van der Waals surface area contributed by atoms with E-state index < -0.39 is 0 Å². The molecule has 9 heteroatoms. The lowest BCUT2D eigenvalue weighted by atomic mass is 10.2. The van der Waals surface area contributed by atoms with Crippen molar-refractivity contribution in [1.29, 1.82) is 0 Å². The highest BCUT2D eigenvalue weighted by Crippen LogP contribution is 2.25. The van der Waals surface area contributed by atoms with Gasteiger partial charge in [0.25, 0.3) is 0 Å². The molecule has 0 saturated heterocycles. The van der Waals surface area contributed by atoms with E-state index >= 15 is 0 Å². The van der Waals surface area contributed by atoms with Crippen LogP contribution in [0.25, 0.3) is 11.4 Å². The molecular weight excluding hydrogens is 447 g/mol. The third-order valence-corrected chi connectivity index (χ3v) is 4.88. The van der Waals surface area contributed by atoms with Gasteiger partial charge in [0, 0.05) is 20.7 Å². The lowest BCUT2D eigenvalue weighted by Gasteiger charge is -2.09. The molecule has 2 N–H and O–H groups in total. The fraction of sp³-hybridized carbons (Fsp3) is 0.0625. The molecule has 5 nitrogen and oxygen atoms in total. The van der Waals surface area contributed by atoms with Gasteiger partial charge >= 0.3 is 0 Å². The average molecular weight is 458 g/mol. The van der Waals surface area contributed by atoms with E-state index in [1.54, 1.807) is 18.2 Å². The summed E-state index contributed by atoms with van der Waals surface area (Å²) in [5.74, 6) is 0.912. The molecule has 2 aromatic carbocycles. The molecular formula is C16H11BrCl2N4OS. The van der Waals surface area contributed by atoms with Crippen molar-refractivity contribution in [2.24, 2.45) is 0 Å². The standard InChI is InChI=1S/C16H11BrCl2N4OS/c17-12-6-5-11(7-13(12)19)21-16(25)20-8-14-22-15(23-24-14)9-1-3-10(18)4-2-9/h1-7H,8H2,(H2,20,21,25). The number of nitrogens with one attached hydrogen (secondary N) is 2. The maximum atomic E-state index is 6.05. The second-order valence-corrected chi connectivity index (χ2v) is 7.06. The molecule has 3 rings (SSSR count). The van der Waals surface area contributed by atoms with E-state index in [1.165, 1.54) is 0 Å². The molecule has 0 fully saturated rings. The second-order valence-electron chi connectivity index (χ2n) is 4.96. The monoisotopic (exact) mass is 456 g/mol. The molecule has 0 atom stereocenters. The molecule has 0 aliphatic carbocycles. The number of hydrogen-bond acceptors (Lipinski definition) is 4. The molecule has 0 aliphatic heterocycles. The summed E-state index contributed by atoms with van der Waals surface area (Å²) in [4.78, 5) is 4.32. The topological polar surface area (TPSA) is 63.0 Å². The fourth-order valence-corrected chi connectivity index (χ4v) is 2.69. The summed E-state index contributed by atoms with van der Waals surface area (Å²) in [7, 11) is 0. The van der Waals surface area contributed by atoms with Gasteiger partial charge in [-0.2, -0.15) is 4.98 Å². The third kappa shape index (κ3) is 4.92. The van der Waals surface area contributed by atoms with Crippen molar-refractivity contribution < 1.29 is 4.52 Å². The number of halogens is 3. The van der Waals surface area contributed by atoms with Gasteiger partial charge < -0.3 is 15.2 Å². The highest BCUT2D eigenvalue weighted by molar-refractivity contribution is 9.10. The zero-order valence-electron chi connectivity index (χ0n) is 12.6. The van der Waals surface area contributed by atoms with Crippen LogP contribution in [0.2, 0.25) is 10.0 Å². The van der Waals surface area contributed by atoms with Gasteiger partial charge in [-0.3, -0.25) is 0 Å². The summed E-state index contributed by atoms with van der Waals surface area (Å²) < 4.78 is 6.03. The average Bonchev–Trinajstić information content (AvgIpc) is 3.06. The van der Waals surface area contributed by atoms with E-state index in [4.69, 9.17) is 39.9 Å². The Bertz CT molecular complexity index is 901. The van der Waals surface area contributed by atoms with Crippen LogP contribution in [0.5, 0.6) is 0 Å². The molecule has 0 unspecified atom stereocenters. The second kappa shape index (κ2) is 8.14. The van der Waals surface area contributed by atoms with Gasteiger partial charge in [-0.15, -0.1) is 0 Å². The Kier molecular flexibility index (Phi) is 5.90. The summed E-state index contributed by atoms with van der Waals surface area (Å²) in [5.41, 5.74) is 1.60. The van der Waals surface area contributed by atoms with E-state index in [0.29, 0.717) is 33.4 Å². The van der Waals surface area contributed by atoms with E-state index in [0.717, 1.165) is 15.7 Å². The number of rotatable bonds is 4. The van der Waals surface area contributed by atoms with Crippen molar-refractivity contribution in [3.8, 4) is 11.4 Å². The van der Waals surface area contributed by atoms with Crippen molar-refractivity contribution in [2.75, 3.05) is 5.32 Å². The Labute approximate surface area is 167 Å². The van der Waals surface area contributed by atoms with Crippen LogP contribution >= 0.6 is 51.3 Å². The normalized spacial score (nSPS) is 10.5. The lowest BCUT2D eigenvalue weighted by molar-refractivity contribution is 0.376. The SMILES string of the molecule is S=C(NCc1nc(-c2ccc(Cl)cc2)no1)Nc1ccc(Br)c(Cl)c1. The van der Waals surface area contributed by atoms with Crippen LogP contribution in [-0.2, 0) is 6.54 Å². The maximum absolute atomic E-state index is 6.05. The number of aromatic nitrogens is 2. The van der Waals surface area contributed by atoms with Crippen LogP contribution < -0.4 is 10.6 Å². The predicted molar refractivity (Wildman–Crippen MR) is 107 cm³/mol.